The molecule has 0 amide bonds. The molecule has 15 heteroatoms. The van der Waals surface area contributed by atoms with Gasteiger partial charge in [-0.15, -0.1) is 22.7 Å². The molecule has 0 saturated heterocycles. The monoisotopic (exact) mass is 702 g/mol. The second kappa shape index (κ2) is 12.1. The average Bonchev–Trinajstić information content (AvgIpc) is 3.86. The van der Waals surface area contributed by atoms with Gasteiger partial charge in [0.2, 0.25) is 10.3 Å². The van der Waals surface area contributed by atoms with Crippen LogP contribution in [-0.2, 0) is 6.18 Å². The van der Waals surface area contributed by atoms with Gasteiger partial charge < -0.3 is 10.2 Å². The van der Waals surface area contributed by atoms with E-state index in [4.69, 9.17) is 0 Å². The number of aromatic amines is 2. The van der Waals surface area contributed by atoms with Crippen LogP contribution in [0.2, 0.25) is 0 Å². The number of aromatic nitrogens is 6. The molecule has 4 N–H and O–H groups in total. The van der Waals surface area contributed by atoms with Crippen molar-refractivity contribution in [1.29, 1.82) is 0 Å². The lowest BCUT2D eigenvalue weighted by atomic mass is 9.85. The highest BCUT2D eigenvalue weighted by Crippen LogP contribution is 2.37. The van der Waals surface area contributed by atoms with Crippen LogP contribution in [0.1, 0.15) is 39.6 Å². The fourth-order valence-corrected chi connectivity index (χ4v) is 7.34. The molecule has 0 atom stereocenters. The molecule has 0 unspecified atom stereocenters. The molecule has 0 aliphatic rings. The van der Waals surface area contributed by atoms with E-state index in [0.29, 0.717) is 33.9 Å². The summed E-state index contributed by atoms with van der Waals surface area (Å²) in [6, 6.07) is 17.6. The number of rotatable bonds is 7. The highest BCUT2D eigenvalue weighted by atomic mass is 32.1. The van der Waals surface area contributed by atoms with Gasteiger partial charge in [0.05, 0.1) is 28.1 Å². The van der Waals surface area contributed by atoms with E-state index < -0.39 is 28.8 Å². The maximum absolute atomic E-state index is 14.2. The molecule has 49 heavy (non-hydrogen) atoms. The molecule has 7 aromatic rings. The van der Waals surface area contributed by atoms with E-state index >= 15 is 0 Å². The second-order valence-electron chi connectivity index (χ2n) is 11.2. The quantitative estimate of drug-likeness (QED) is 0.139. The summed E-state index contributed by atoms with van der Waals surface area (Å²) in [6.45, 7) is 3.28. The van der Waals surface area contributed by atoms with E-state index in [1.807, 2.05) is 0 Å². The lowest BCUT2D eigenvalue weighted by Crippen LogP contribution is -2.25. The normalized spacial score (nSPS) is 11.9. The van der Waals surface area contributed by atoms with Crippen LogP contribution in [0.4, 0.5) is 13.2 Å². The Morgan fingerprint density at radius 3 is 1.53 bits per heavy atom. The number of thiazole rings is 2. The van der Waals surface area contributed by atoms with Gasteiger partial charge in [0.1, 0.15) is 11.5 Å². The predicted octanol–water partition coefficient (Wildman–Crippen LogP) is 7.12. The van der Waals surface area contributed by atoms with Crippen molar-refractivity contribution in [2.45, 2.75) is 25.9 Å². The Hall–Kier alpha value is -5.67. The predicted molar refractivity (Wildman–Crippen MR) is 180 cm³/mol. The summed E-state index contributed by atoms with van der Waals surface area (Å²) in [6.07, 6.45) is -4.59. The maximum Gasteiger partial charge on any atom is 0.416 e. The van der Waals surface area contributed by atoms with Crippen molar-refractivity contribution in [3.05, 3.63) is 138 Å². The summed E-state index contributed by atoms with van der Waals surface area (Å²) in [5, 5.41) is 30.6. The fraction of sp³-hybridized carbons (Fsp3) is 0.118. The summed E-state index contributed by atoms with van der Waals surface area (Å²) < 4.78 is 43.1. The molecule has 248 valence electrons. The summed E-state index contributed by atoms with van der Waals surface area (Å²) >= 11 is 2.29. The van der Waals surface area contributed by atoms with Crippen LogP contribution in [0.15, 0.2) is 93.1 Å². The number of phenols is 2. The zero-order chi connectivity index (χ0) is 34.6. The van der Waals surface area contributed by atoms with E-state index in [9.17, 15) is 33.0 Å². The van der Waals surface area contributed by atoms with Crippen molar-refractivity contribution >= 4 is 22.7 Å². The standard InChI is InChI=1S/C34H25F3N6O4S2/c1-17-27(30(46)42(40-17)32-38-23(15-48-32)21-7-3-5-9-25(21)44)29(19-11-13-20(14-12-19)34(35,36)37)28-18(2)41-43(31(28)47)33-39-24(16-49-33)22-8-4-6-10-26(22)45/h3-16,29,40-41,44-45H,1-2H3. The van der Waals surface area contributed by atoms with Gasteiger partial charge in [-0.05, 0) is 55.8 Å². The first-order valence-corrected chi connectivity index (χ1v) is 16.5. The largest absolute Gasteiger partial charge is 0.507 e. The van der Waals surface area contributed by atoms with Crippen molar-refractivity contribution < 1.29 is 23.4 Å². The highest BCUT2D eigenvalue weighted by Gasteiger charge is 2.34. The number of phenolic OH excluding ortho intramolecular Hbond substituents is 2. The zero-order valence-electron chi connectivity index (χ0n) is 25.6. The van der Waals surface area contributed by atoms with Crippen LogP contribution in [0, 0.1) is 13.8 Å². The Morgan fingerprint density at radius 1 is 0.694 bits per heavy atom. The van der Waals surface area contributed by atoms with E-state index in [1.54, 1.807) is 61.0 Å². The first-order chi connectivity index (χ1) is 23.4. The van der Waals surface area contributed by atoms with Crippen molar-refractivity contribution in [2.75, 3.05) is 0 Å². The molecular formula is C34H25F3N6O4S2. The van der Waals surface area contributed by atoms with Crippen LogP contribution in [0.25, 0.3) is 32.8 Å². The van der Waals surface area contributed by atoms with E-state index in [-0.39, 0.29) is 38.5 Å². The SMILES string of the molecule is Cc1[nH]n(-c2nc(-c3ccccc3O)cs2)c(=O)c1C(c1ccc(C(F)(F)F)cc1)c1c(C)[nH]n(-c2nc(-c3ccccc3O)cs2)c1=O. The van der Waals surface area contributed by atoms with Crippen LogP contribution >= 0.6 is 22.7 Å². The van der Waals surface area contributed by atoms with Crippen LogP contribution in [0.5, 0.6) is 11.5 Å². The van der Waals surface area contributed by atoms with Gasteiger partial charge in [-0.3, -0.25) is 19.8 Å². The molecule has 4 aromatic heterocycles. The number of para-hydroxylation sites is 2. The minimum atomic E-state index is -4.59. The molecule has 0 radical (unpaired) electrons. The number of benzene rings is 3. The van der Waals surface area contributed by atoms with Crippen molar-refractivity contribution in [1.82, 2.24) is 29.5 Å². The molecule has 7 rings (SSSR count). The van der Waals surface area contributed by atoms with Gasteiger partial charge in [0, 0.05) is 39.2 Å². The van der Waals surface area contributed by atoms with Crippen molar-refractivity contribution in [2.24, 2.45) is 0 Å². The van der Waals surface area contributed by atoms with Gasteiger partial charge in [0.25, 0.3) is 11.1 Å². The molecule has 0 aliphatic heterocycles. The Kier molecular flexibility index (Phi) is 7.87. The maximum atomic E-state index is 14.2. The van der Waals surface area contributed by atoms with E-state index in [2.05, 4.69) is 20.2 Å². The molecule has 10 nitrogen and oxygen atoms in total. The fourth-order valence-electron chi connectivity index (χ4n) is 5.77. The minimum absolute atomic E-state index is 0.0181. The summed E-state index contributed by atoms with van der Waals surface area (Å²) in [5.74, 6) is -1.05. The number of alkyl halides is 3. The lowest BCUT2D eigenvalue weighted by molar-refractivity contribution is -0.137. The number of aryl methyl sites for hydroxylation is 2. The van der Waals surface area contributed by atoms with Crippen LogP contribution in [0.3, 0.4) is 0 Å². The Bertz CT molecular complexity index is 2310. The summed E-state index contributed by atoms with van der Waals surface area (Å²) in [7, 11) is 0. The number of halogens is 3. The molecule has 0 spiro atoms. The first-order valence-electron chi connectivity index (χ1n) is 14.7. The highest BCUT2D eigenvalue weighted by molar-refractivity contribution is 7.12. The van der Waals surface area contributed by atoms with Gasteiger partial charge in [-0.25, -0.2) is 9.97 Å². The van der Waals surface area contributed by atoms with E-state index in [0.717, 1.165) is 34.8 Å². The zero-order valence-corrected chi connectivity index (χ0v) is 27.2. The second-order valence-corrected chi connectivity index (χ2v) is 12.9. The molecular weight excluding hydrogens is 678 g/mol. The third-order valence-corrected chi connectivity index (χ3v) is 9.76. The van der Waals surface area contributed by atoms with Crippen molar-refractivity contribution in [3.63, 3.8) is 0 Å². The number of hydrogen-bond donors (Lipinski definition) is 4. The third-order valence-electron chi connectivity index (χ3n) is 8.11. The van der Waals surface area contributed by atoms with Crippen molar-refractivity contribution in [3.8, 4) is 44.3 Å². The smallest absolute Gasteiger partial charge is 0.416 e. The van der Waals surface area contributed by atoms with Crippen LogP contribution < -0.4 is 11.1 Å². The van der Waals surface area contributed by atoms with Gasteiger partial charge in [0.15, 0.2) is 0 Å². The Labute approximate surface area is 283 Å². The minimum Gasteiger partial charge on any atom is -0.507 e. The number of nitrogens with one attached hydrogen (secondary N) is 2. The molecule has 3 aromatic carbocycles. The number of H-pyrrole nitrogens is 2. The van der Waals surface area contributed by atoms with Gasteiger partial charge >= 0.3 is 6.18 Å². The lowest BCUT2D eigenvalue weighted by Gasteiger charge is -2.17. The first kappa shape index (κ1) is 31.9. The molecule has 0 aliphatic carbocycles. The molecule has 0 fully saturated rings. The molecule has 4 heterocycles. The molecule has 0 saturated carbocycles. The summed E-state index contributed by atoms with van der Waals surface area (Å²) in [5.41, 5.74) is 1.15. The molecule has 0 bridgehead atoms. The Balaban J connectivity index is 1.37. The van der Waals surface area contributed by atoms with Gasteiger partial charge in [-0.1, -0.05) is 36.4 Å². The number of aromatic hydroxyl groups is 2. The third kappa shape index (κ3) is 5.66. The van der Waals surface area contributed by atoms with E-state index in [1.165, 1.54) is 33.6 Å². The number of hydrogen-bond acceptors (Lipinski definition) is 8. The topological polar surface area (TPSA) is 142 Å². The number of nitrogens with zero attached hydrogens (tertiary/aromatic N) is 4. The summed E-state index contributed by atoms with van der Waals surface area (Å²) in [4.78, 5) is 37.6. The van der Waals surface area contributed by atoms with Crippen LogP contribution in [-0.4, -0.2) is 39.7 Å². The average molecular weight is 703 g/mol. The Morgan fingerprint density at radius 2 is 1.12 bits per heavy atom. The van der Waals surface area contributed by atoms with Gasteiger partial charge in [-0.2, -0.15) is 22.5 Å².